The van der Waals surface area contributed by atoms with E-state index < -0.39 is 19.7 Å². The number of hydrogen-bond donors (Lipinski definition) is 1. The molecule has 7 heterocycles. The van der Waals surface area contributed by atoms with Crippen molar-refractivity contribution in [3.8, 4) is 28.8 Å². The molecule has 3 aromatic heterocycles. The first kappa shape index (κ1) is 20.6. The van der Waals surface area contributed by atoms with Crippen molar-refractivity contribution in [2.75, 3.05) is 51.3 Å². The highest BCUT2D eigenvalue weighted by Crippen LogP contribution is 2.36. The Kier molecular flexibility index (Phi) is 5.51. The number of nitrogens with one attached hydrogen (secondary N) is 1. The fourth-order valence-corrected chi connectivity index (χ4v) is 5.83. The molecule has 0 saturated carbocycles. The third-order valence-corrected chi connectivity index (χ3v) is 7.93. The molecule has 0 aliphatic carbocycles. The van der Waals surface area contributed by atoms with Crippen LogP contribution in [0.4, 0.5) is 5.82 Å². The van der Waals surface area contributed by atoms with Gasteiger partial charge in [-0.05, 0) is 30.2 Å². The van der Waals surface area contributed by atoms with Gasteiger partial charge in [-0.1, -0.05) is 12.1 Å². The van der Waals surface area contributed by atoms with Crippen LogP contribution in [0.2, 0.25) is 0 Å². The third-order valence-electron chi connectivity index (χ3n) is 7.93. The number of aromatic nitrogens is 4. The molecule has 4 aromatic rings. The van der Waals surface area contributed by atoms with Gasteiger partial charge in [-0.15, -0.1) is 0 Å². The van der Waals surface area contributed by atoms with Crippen molar-refractivity contribution in [1.29, 1.82) is 5.26 Å². The van der Waals surface area contributed by atoms with Crippen LogP contribution in [0.5, 0.6) is 11.5 Å². The highest BCUT2D eigenvalue weighted by atomic mass is 16.5. The molecule has 4 saturated heterocycles. The van der Waals surface area contributed by atoms with Gasteiger partial charge in [0, 0.05) is 50.4 Å². The third kappa shape index (κ3) is 5.06. The Morgan fingerprint density at radius 1 is 1.17 bits per heavy atom. The first-order chi connectivity index (χ1) is 22.1. The number of pyridine rings is 1. The van der Waals surface area contributed by atoms with E-state index >= 15 is 0 Å². The summed E-state index contributed by atoms with van der Waals surface area (Å²) < 4.78 is 56.7. The standard InChI is InChI=1S/C30H32N8O3/c1-39-24-4-2-20(3-5-24)15-37-22-8-23(37)17-36(16-22)29-14-33-28(13-34-29)27-9-25(41-19-26-12-32-6-7-40-26)18-38-30(27)21(10-31)11-35-38/h2-5,9,11,13-14,18,22-23,26,32H,6-8,12,15-17,19H2,1H3/t22?,23?,26-/m1/s1/i1D3,19D2. The molecule has 0 amide bonds. The van der Waals surface area contributed by atoms with E-state index in [9.17, 15) is 5.26 Å². The average molecular weight is 558 g/mol. The molecule has 4 aliphatic heterocycles. The average Bonchev–Trinajstić information content (AvgIpc) is 3.47. The van der Waals surface area contributed by atoms with Crippen LogP contribution in [0.1, 0.15) is 24.4 Å². The van der Waals surface area contributed by atoms with Gasteiger partial charge < -0.3 is 24.4 Å². The largest absolute Gasteiger partial charge is 0.497 e. The zero-order chi connectivity index (χ0) is 32.1. The summed E-state index contributed by atoms with van der Waals surface area (Å²) in [6, 6.07) is 11.7. The van der Waals surface area contributed by atoms with Crippen molar-refractivity contribution in [2.24, 2.45) is 0 Å². The van der Waals surface area contributed by atoms with Crippen LogP contribution >= 0.6 is 0 Å². The molecule has 41 heavy (non-hydrogen) atoms. The molecular weight excluding hydrogens is 520 g/mol. The number of hydrogen-bond acceptors (Lipinski definition) is 10. The Bertz CT molecular complexity index is 1740. The summed E-state index contributed by atoms with van der Waals surface area (Å²) >= 11 is 0. The van der Waals surface area contributed by atoms with E-state index in [0.29, 0.717) is 59.9 Å². The van der Waals surface area contributed by atoms with Crippen molar-refractivity contribution in [1.82, 2.24) is 29.8 Å². The molecule has 8 rings (SSSR count). The van der Waals surface area contributed by atoms with Gasteiger partial charge >= 0.3 is 0 Å². The molecule has 3 atom stereocenters. The van der Waals surface area contributed by atoms with Crippen molar-refractivity contribution in [3.63, 3.8) is 0 Å². The Labute approximate surface area is 245 Å². The number of ether oxygens (including phenoxy) is 3. The number of nitriles is 1. The van der Waals surface area contributed by atoms with Crippen LogP contribution in [0, 0.1) is 11.3 Å². The monoisotopic (exact) mass is 557 g/mol. The van der Waals surface area contributed by atoms with E-state index in [1.54, 1.807) is 36.8 Å². The van der Waals surface area contributed by atoms with E-state index in [1.165, 1.54) is 10.7 Å². The van der Waals surface area contributed by atoms with Crippen LogP contribution in [0.15, 0.2) is 55.1 Å². The normalized spacial score (nSPS) is 24.7. The Morgan fingerprint density at radius 3 is 2.78 bits per heavy atom. The van der Waals surface area contributed by atoms with Crippen molar-refractivity contribution >= 4 is 11.3 Å². The lowest BCUT2D eigenvalue weighted by Crippen LogP contribution is -2.68. The lowest BCUT2D eigenvalue weighted by atomic mass is 9.87. The predicted octanol–water partition coefficient (Wildman–Crippen LogP) is 2.50. The SMILES string of the molecule is [2H]C([2H])([2H])Oc1ccc(CN2C3CC2CN(c2cnc(-c4cc(OC([2H])([2H])[C@H]5CNCCO5)cn5ncc(C#N)c45)cn2)C3)cc1. The number of methoxy groups -OCH3 is 1. The molecule has 2 unspecified atom stereocenters. The maximum atomic E-state index is 9.74. The number of morpholine rings is 1. The number of piperidine rings is 1. The van der Waals surface area contributed by atoms with Crippen LogP contribution < -0.4 is 19.7 Å². The molecule has 210 valence electrons. The maximum absolute atomic E-state index is 9.74. The highest BCUT2D eigenvalue weighted by Gasteiger charge is 2.44. The van der Waals surface area contributed by atoms with Gasteiger partial charge in [0.25, 0.3) is 0 Å². The van der Waals surface area contributed by atoms with Crippen LogP contribution in [0.3, 0.4) is 0 Å². The number of benzene rings is 1. The van der Waals surface area contributed by atoms with Crippen molar-refractivity contribution < 1.29 is 21.1 Å². The van der Waals surface area contributed by atoms with Gasteiger partial charge in [-0.25, -0.2) is 9.50 Å². The molecule has 11 heteroatoms. The van der Waals surface area contributed by atoms with Gasteiger partial charge in [0.1, 0.15) is 36.0 Å². The van der Waals surface area contributed by atoms with E-state index in [2.05, 4.69) is 26.3 Å². The predicted molar refractivity (Wildman–Crippen MR) is 152 cm³/mol. The van der Waals surface area contributed by atoms with E-state index in [4.69, 9.17) is 31.0 Å². The van der Waals surface area contributed by atoms with Gasteiger partial charge in [0.15, 0.2) is 0 Å². The van der Waals surface area contributed by atoms with Gasteiger partial charge in [-0.3, -0.25) is 9.88 Å². The number of anilines is 1. The fourth-order valence-electron chi connectivity index (χ4n) is 5.83. The summed E-state index contributed by atoms with van der Waals surface area (Å²) in [6.07, 6.45) is 6.69. The van der Waals surface area contributed by atoms with Crippen molar-refractivity contribution in [2.45, 2.75) is 31.2 Å². The van der Waals surface area contributed by atoms with Gasteiger partial charge in [-0.2, -0.15) is 10.4 Å². The van der Waals surface area contributed by atoms with E-state index in [0.717, 1.165) is 37.4 Å². The van der Waals surface area contributed by atoms with E-state index in [-0.39, 0.29) is 5.75 Å². The minimum absolute atomic E-state index is 0.218. The zero-order valence-electron chi connectivity index (χ0n) is 27.2. The van der Waals surface area contributed by atoms with Crippen LogP contribution in [-0.4, -0.2) is 89.1 Å². The second-order valence-corrected chi connectivity index (χ2v) is 10.5. The highest BCUT2D eigenvalue weighted by molar-refractivity contribution is 5.83. The Hall–Kier alpha value is -4.24. The molecule has 2 bridgehead atoms. The van der Waals surface area contributed by atoms with Gasteiger partial charge in [0.05, 0.1) is 62.1 Å². The van der Waals surface area contributed by atoms with E-state index in [1.807, 2.05) is 12.1 Å². The first-order valence-electron chi connectivity index (χ1n) is 16.1. The number of nitrogens with zero attached hydrogens (tertiary/aromatic N) is 7. The zero-order valence-corrected chi connectivity index (χ0v) is 22.2. The Morgan fingerprint density at radius 2 is 2.05 bits per heavy atom. The number of piperazine rings is 1. The lowest BCUT2D eigenvalue weighted by molar-refractivity contribution is -0.00870. The molecule has 0 spiro atoms. The summed E-state index contributed by atoms with van der Waals surface area (Å²) in [5.74, 6) is 1.29. The second-order valence-electron chi connectivity index (χ2n) is 10.5. The molecule has 0 radical (unpaired) electrons. The quantitative estimate of drug-likeness (QED) is 0.347. The van der Waals surface area contributed by atoms with Crippen molar-refractivity contribution in [3.05, 3.63) is 66.2 Å². The summed E-state index contributed by atoms with van der Waals surface area (Å²) in [5, 5.41) is 17.2. The lowest BCUT2D eigenvalue weighted by Gasteiger charge is -2.56. The molecular formula is C30H32N8O3. The topological polar surface area (TPSA) is 113 Å². The molecule has 4 aliphatic rings. The van der Waals surface area contributed by atoms with Crippen LogP contribution in [-0.2, 0) is 11.3 Å². The molecule has 4 fully saturated rings. The fraction of sp³-hybridized carbons (Fsp3) is 0.400. The molecule has 11 nitrogen and oxygen atoms in total. The summed E-state index contributed by atoms with van der Waals surface area (Å²) in [4.78, 5) is 14.1. The summed E-state index contributed by atoms with van der Waals surface area (Å²) in [7, 11) is -2.47. The summed E-state index contributed by atoms with van der Waals surface area (Å²) in [6.45, 7) is 1.62. The number of rotatable bonds is 8. The minimum Gasteiger partial charge on any atom is -0.497 e. The second kappa shape index (κ2) is 11.0. The molecule has 1 aromatic carbocycles. The maximum Gasteiger partial charge on any atom is 0.147 e. The van der Waals surface area contributed by atoms with Crippen LogP contribution in [0.25, 0.3) is 16.8 Å². The Balaban J connectivity index is 1.06. The summed E-state index contributed by atoms with van der Waals surface area (Å²) in [5.41, 5.74) is 3.02. The number of fused-ring (bicyclic) bond motifs is 3. The first-order valence-corrected chi connectivity index (χ1v) is 13.6. The van der Waals surface area contributed by atoms with Gasteiger partial charge in [0.2, 0.25) is 0 Å². The molecule has 1 N–H and O–H groups in total. The smallest absolute Gasteiger partial charge is 0.147 e. The minimum atomic E-state index is -2.47.